The van der Waals surface area contributed by atoms with Crippen molar-refractivity contribution in [3.05, 3.63) is 58.9 Å². The van der Waals surface area contributed by atoms with Crippen LogP contribution in [-0.2, 0) is 15.9 Å². The molecule has 1 aliphatic heterocycles. The third-order valence-electron chi connectivity index (χ3n) is 5.19. The second-order valence-electron chi connectivity index (χ2n) is 7.97. The summed E-state index contributed by atoms with van der Waals surface area (Å²) in [5.74, 6) is -6.07. The Morgan fingerprint density at radius 2 is 1.60 bits per heavy atom. The summed E-state index contributed by atoms with van der Waals surface area (Å²) in [6.07, 6.45) is -10.3. The minimum absolute atomic E-state index is 0.146. The molecule has 0 spiro atoms. The van der Waals surface area contributed by atoms with E-state index in [0.29, 0.717) is 31.4 Å². The van der Waals surface area contributed by atoms with Gasteiger partial charge >= 0.3 is 12.5 Å². The van der Waals surface area contributed by atoms with Crippen molar-refractivity contribution >= 4 is 0 Å². The maximum Gasteiger partial charge on any atom is 0.573 e. The summed E-state index contributed by atoms with van der Waals surface area (Å²) >= 11 is 0. The fraction of sp³-hybridized carbons (Fsp3) is 0.478. The lowest BCUT2D eigenvalue weighted by Crippen LogP contribution is -2.28. The molecule has 0 radical (unpaired) electrons. The van der Waals surface area contributed by atoms with Crippen LogP contribution < -0.4 is 9.47 Å². The van der Waals surface area contributed by atoms with Crippen LogP contribution >= 0.6 is 0 Å². The van der Waals surface area contributed by atoms with Crippen LogP contribution in [0.15, 0.2) is 30.3 Å². The van der Waals surface area contributed by atoms with E-state index < -0.39 is 60.6 Å². The van der Waals surface area contributed by atoms with Gasteiger partial charge in [0.25, 0.3) is 0 Å². The third-order valence-corrected chi connectivity index (χ3v) is 5.19. The highest BCUT2D eigenvalue weighted by Gasteiger charge is 2.35. The van der Waals surface area contributed by atoms with Gasteiger partial charge in [-0.05, 0) is 30.5 Å². The van der Waals surface area contributed by atoms with E-state index in [0.717, 1.165) is 18.9 Å². The van der Waals surface area contributed by atoms with E-state index in [2.05, 4.69) is 9.47 Å². The fourth-order valence-electron chi connectivity index (χ4n) is 3.53. The number of rotatable bonds is 9. The van der Waals surface area contributed by atoms with E-state index in [1.54, 1.807) is 0 Å². The standard InChI is InChI=1S/C23H22F8O4/c1-2-3-13-11-32-21(33-12-13)16-6-4-14(19(25)20(16)26)8-9-22(27,28)34-15-5-7-18(17(24)10-15)35-23(29,30)31/h4-7,10,13,21H,2-3,8-9,11-12H2,1H3. The van der Waals surface area contributed by atoms with Gasteiger partial charge in [-0.2, -0.15) is 8.78 Å². The maximum absolute atomic E-state index is 14.6. The lowest BCUT2D eigenvalue weighted by molar-refractivity contribution is -0.275. The quantitative estimate of drug-likeness (QED) is 0.336. The Hall–Kier alpha value is -2.60. The van der Waals surface area contributed by atoms with E-state index in [9.17, 15) is 35.1 Å². The van der Waals surface area contributed by atoms with E-state index in [1.165, 1.54) is 6.07 Å². The van der Waals surface area contributed by atoms with Gasteiger partial charge in [0.15, 0.2) is 29.5 Å². The molecule has 1 heterocycles. The molecule has 12 heteroatoms. The van der Waals surface area contributed by atoms with Gasteiger partial charge in [-0.25, -0.2) is 13.2 Å². The number of benzene rings is 2. The van der Waals surface area contributed by atoms with E-state index in [1.807, 2.05) is 6.92 Å². The zero-order valence-corrected chi connectivity index (χ0v) is 18.4. The molecule has 0 N–H and O–H groups in total. The minimum Gasteiger partial charge on any atom is -0.432 e. The van der Waals surface area contributed by atoms with Gasteiger partial charge in [0, 0.05) is 17.5 Å². The average molecular weight is 514 g/mol. The van der Waals surface area contributed by atoms with Crippen molar-refractivity contribution in [2.75, 3.05) is 13.2 Å². The lowest BCUT2D eigenvalue weighted by Gasteiger charge is -2.29. The van der Waals surface area contributed by atoms with E-state index in [4.69, 9.17) is 9.47 Å². The smallest absolute Gasteiger partial charge is 0.432 e. The normalized spacial score (nSPS) is 19.0. The van der Waals surface area contributed by atoms with Crippen molar-refractivity contribution in [3.8, 4) is 11.5 Å². The average Bonchev–Trinajstić information content (AvgIpc) is 2.77. The highest BCUT2D eigenvalue weighted by atomic mass is 19.4. The maximum atomic E-state index is 14.6. The molecule has 0 amide bonds. The largest absolute Gasteiger partial charge is 0.573 e. The number of aryl methyl sites for hydroxylation is 1. The summed E-state index contributed by atoms with van der Waals surface area (Å²) in [5.41, 5.74) is -0.560. The number of alkyl halides is 5. The molecule has 2 aromatic carbocycles. The number of ether oxygens (including phenoxy) is 4. The van der Waals surface area contributed by atoms with E-state index >= 15 is 0 Å². The molecule has 3 rings (SSSR count). The zero-order valence-electron chi connectivity index (χ0n) is 18.4. The first-order chi connectivity index (χ1) is 16.4. The van der Waals surface area contributed by atoms with Crippen molar-refractivity contribution in [1.82, 2.24) is 0 Å². The molecule has 1 aliphatic rings. The number of hydrogen-bond acceptors (Lipinski definition) is 4. The summed E-state index contributed by atoms with van der Waals surface area (Å²) in [5, 5.41) is 0. The molecule has 0 aliphatic carbocycles. The molecular weight excluding hydrogens is 492 g/mol. The first-order valence-corrected chi connectivity index (χ1v) is 10.7. The summed E-state index contributed by atoms with van der Waals surface area (Å²) in [7, 11) is 0. The molecule has 35 heavy (non-hydrogen) atoms. The van der Waals surface area contributed by atoms with Crippen molar-refractivity contribution in [2.45, 2.75) is 51.4 Å². The van der Waals surface area contributed by atoms with Crippen molar-refractivity contribution in [3.63, 3.8) is 0 Å². The second-order valence-corrected chi connectivity index (χ2v) is 7.97. The molecule has 0 saturated carbocycles. The van der Waals surface area contributed by atoms with Crippen LogP contribution in [0.2, 0.25) is 0 Å². The molecular formula is C23H22F8O4. The first kappa shape index (κ1) is 27.0. The number of halogens is 8. The topological polar surface area (TPSA) is 36.9 Å². The zero-order chi connectivity index (χ0) is 25.8. The van der Waals surface area contributed by atoms with E-state index in [-0.39, 0.29) is 17.0 Å². The summed E-state index contributed by atoms with van der Waals surface area (Å²) in [6, 6.07) is 3.73. The third kappa shape index (κ3) is 7.44. The van der Waals surface area contributed by atoms with Crippen molar-refractivity contribution in [1.29, 1.82) is 0 Å². The monoisotopic (exact) mass is 514 g/mol. The molecule has 194 valence electrons. The molecule has 1 saturated heterocycles. The van der Waals surface area contributed by atoms with Crippen LogP contribution in [0.25, 0.3) is 0 Å². The minimum atomic E-state index is -5.17. The van der Waals surface area contributed by atoms with Crippen molar-refractivity contribution in [2.24, 2.45) is 5.92 Å². The number of hydrogen-bond donors (Lipinski definition) is 0. The van der Waals surface area contributed by atoms with Crippen LogP contribution in [0.4, 0.5) is 35.1 Å². The molecule has 0 bridgehead atoms. The van der Waals surface area contributed by atoms with Crippen LogP contribution in [0, 0.1) is 23.4 Å². The van der Waals surface area contributed by atoms with Crippen LogP contribution in [0.5, 0.6) is 11.5 Å². The predicted molar refractivity (Wildman–Crippen MR) is 106 cm³/mol. The Kier molecular flexibility index (Phi) is 8.47. The highest BCUT2D eigenvalue weighted by molar-refractivity contribution is 5.33. The van der Waals surface area contributed by atoms with Crippen LogP contribution in [-0.4, -0.2) is 25.7 Å². The van der Waals surface area contributed by atoms with Gasteiger partial charge in [0.1, 0.15) is 5.75 Å². The van der Waals surface area contributed by atoms with Crippen LogP contribution in [0.1, 0.15) is 43.6 Å². The summed E-state index contributed by atoms with van der Waals surface area (Å²) < 4.78 is 126. The van der Waals surface area contributed by atoms with Gasteiger partial charge < -0.3 is 18.9 Å². The highest BCUT2D eigenvalue weighted by Crippen LogP contribution is 2.34. The Morgan fingerprint density at radius 1 is 0.914 bits per heavy atom. The van der Waals surface area contributed by atoms with Gasteiger partial charge in [0.05, 0.1) is 19.6 Å². The van der Waals surface area contributed by atoms with Crippen LogP contribution in [0.3, 0.4) is 0 Å². The van der Waals surface area contributed by atoms with Gasteiger partial charge in [-0.3, -0.25) is 0 Å². The Balaban J connectivity index is 1.61. The Bertz CT molecular complexity index is 1000. The molecule has 1 fully saturated rings. The fourth-order valence-corrected chi connectivity index (χ4v) is 3.53. The molecule has 2 aromatic rings. The SMILES string of the molecule is CCCC1COC(c2ccc(CCC(F)(F)Oc3ccc(OC(F)(F)F)c(F)c3)c(F)c2F)OC1. The van der Waals surface area contributed by atoms with Crippen molar-refractivity contribution < 1.29 is 54.1 Å². The molecule has 0 aromatic heterocycles. The van der Waals surface area contributed by atoms with Gasteiger partial charge in [-0.1, -0.05) is 25.5 Å². The first-order valence-electron chi connectivity index (χ1n) is 10.7. The van der Waals surface area contributed by atoms with Gasteiger partial charge in [0.2, 0.25) is 0 Å². The summed E-state index contributed by atoms with van der Waals surface area (Å²) in [6.45, 7) is 2.62. The predicted octanol–water partition coefficient (Wildman–Crippen LogP) is 7.07. The lowest BCUT2D eigenvalue weighted by atomic mass is 10.0. The molecule has 4 nitrogen and oxygen atoms in total. The summed E-state index contributed by atoms with van der Waals surface area (Å²) in [4.78, 5) is 0. The van der Waals surface area contributed by atoms with Gasteiger partial charge in [-0.15, -0.1) is 13.2 Å². The Labute approximate surface area is 195 Å². The Morgan fingerprint density at radius 3 is 2.20 bits per heavy atom. The second kappa shape index (κ2) is 11.0. The molecule has 0 unspecified atom stereocenters. The molecule has 0 atom stereocenters.